The summed E-state index contributed by atoms with van der Waals surface area (Å²) in [7, 11) is 1.41. The van der Waals surface area contributed by atoms with Gasteiger partial charge in [0.2, 0.25) is 0 Å². The van der Waals surface area contributed by atoms with Crippen LogP contribution in [0.25, 0.3) is 0 Å². The summed E-state index contributed by atoms with van der Waals surface area (Å²) in [5.41, 5.74) is 2.34. The largest absolute Gasteiger partial charge is 0.494 e. The van der Waals surface area contributed by atoms with Gasteiger partial charge in [0.05, 0.1) is 12.9 Å². The summed E-state index contributed by atoms with van der Waals surface area (Å²) in [5.74, 6) is 4.61. The second-order valence-electron chi connectivity index (χ2n) is 11.8. The van der Waals surface area contributed by atoms with E-state index in [2.05, 4.69) is 58.5 Å². The van der Waals surface area contributed by atoms with Crippen LogP contribution in [0.2, 0.25) is 0 Å². The molecule has 1 amide bonds. The second kappa shape index (κ2) is 9.35. The summed E-state index contributed by atoms with van der Waals surface area (Å²) in [4.78, 5) is 11.3. The minimum absolute atomic E-state index is 0.348. The highest BCUT2D eigenvalue weighted by Crippen LogP contribution is 2.65. The van der Waals surface area contributed by atoms with Crippen LogP contribution >= 0.6 is 0 Å². The molecule has 0 aromatic heterocycles. The molecule has 0 aromatic carbocycles. The highest BCUT2D eigenvalue weighted by atomic mass is 16.5. The van der Waals surface area contributed by atoms with Gasteiger partial charge in [-0.2, -0.15) is 0 Å². The summed E-state index contributed by atoms with van der Waals surface area (Å²) in [6.07, 6.45) is 8.58. The number of hydrogen-bond acceptors (Lipinski definition) is 3. The molecule has 1 heterocycles. The first-order valence-electron chi connectivity index (χ1n) is 12.7. The van der Waals surface area contributed by atoms with E-state index in [-0.39, 0.29) is 6.09 Å². The molecule has 4 nitrogen and oxygen atoms in total. The van der Waals surface area contributed by atoms with E-state index in [1.54, 1.807) is 0 Å². The number of nitrogens with one attached hydrogen (secondary N) is 1. The topological polar surface area (TPSA) is 47.6 Å². The van der Waals surface area contributed by atoms with E-state index in [4.69, 9.17) is 4.74 Å². The SMILES string of the molecule is CCCC(C)(C)[C@H]1CC[C@]2(C)C3C(C)=C(CC[C@H](C)CNC(=O)OC)O[C@H]3C[C@H]2[C@@H]1C. The van der Waals surface area contributed by atoms with Gasteiger partial charge >= 0.3 is 6.09 Å². The van der Waals surface area contributed by atoms with Crippen LogP contribution in [0.1, 0.15) is 93.4 Å². The lowest BCUT2D eigenvalue weighted by Crippen LogP contribution is -2.45. The monoisotopic (exact) mass is 433 g/mol. The average Bonchev–Trinajstić information content (AvgIpc) is 3.18. The molecule has 0 bridgehead atoms. The quantitative estimate of drug-likeness (QED) is 0.451. The Labute approximate surface area is 190 Å². The molecule has 3 aliphatic rings. The van der Waals surface area contributed by atoms with Gasteiger partial charge in [-0.3, -0.25) is 0 Å². The van der Waals surface area contributed by atoms with Gasteiger partial charge in [0, 0.05) is 18.9 Å². The summed E-state index contributed by atoms with van der Waals surface area (Å²) < 4.78 is 11.3. The third kappa shape index (κ3) is 4.64. The summed E-state index contributed by atoms with van der Waals surface area (Å²) in [6.45, 7) is 17.6. The number of rotatable bonds is 8. The van der Waals surface area contributed by atoms with Crippen molar-refractivity contribution in [2.75, 3.05) is 13.7 Å². The number of carbonyl (C=O) groups excluding carboxylic acids is 1. The standard InChI is InChI=1S/C27H47NO3/c1-9-13-26(5,6)20-12-14-27(7)21(18(20)3)15-23-24(27)19(4)22(31-23)11-10-17(2)16-28-25(29)30-8/h17-18,20-21,23-24H,9-16H2,1-8H3,(H,28,29)/t17-,18+,20-,21-,23-,24?,27-/m0/s1. The zero-order valence-corrected chi connectivity index (χ0v) is 21.3. The van der Waals surface area contributed by atoms with Crippen LogP contribution in [-0.4, -0.2) is 25.9 Å². The Morgan fingerprint density at radius 1 is 1.39 bits per heavy atom. The molecular formula is C27H47NO3. The number of hydrogen-bond donors (Lipinski definition) is 1. The Bertz CT molecular complexity index is 684. The third-order valence-electron chi connectivity index (χ3n) is 9.42. The van der Waals surface area contributed by atoms with Gasteiger partial charge in [-0.1, -0.05) is 48.0 Å². The second-order valence-corrected chi connectivity index (χ2v) is 11.8. The van der Waals surface area contributed by atoms with Crippen molar-refractivity contribution in [2.24, 2.45) is 40.4 Å². The zero-order chi connectivity index (χ0) is 23.0. The first-order chi connectivity index (χ1) is 14.5. The van der Waals surface area contributed by atoms with E-state index in [1.807, 2.05) is 0 Å². The molecule has 0 saturated heterocycles. The van der Waals surface area contributed by atoms with Crippen molar-refractivity contribution in [2.45, 2.75) is 99.5 Å². The highest BCUT2D eigenvalue weighted by molar-refractivity contribution is 5.66. The maximum absolute atomic E-state index is 11.3. The Kier molecular flexibility index (Phi) is 7.38. The minimum Gasteiger partial charge on any atom is -0.494 e. The van der Waals surface area contributed by atoms with Crippen molar-refractivity contribution in [3.63, 3.8) is 0 Å². The molecule has 0 radical (unpaired) electrons. The first kappa shape index (κ1) is 24.5. The van der Waals surface area contributed by atoms with Crippen molar-refractivity contribution < 1.29 is 14.3 Å². The van der Waals surface area contributed by atoms with Crippen molar-refractivity contribution in [1.82, 2.24) is 5.32 Å². The van der Waals surface area contributed by atoms with Gasteiger partial charge in [-0.05, 0) is 79.1 Å². The van der Waals surface area contributed by atoms with E-state index in [0.29, 0.717) is 35.3 Å². The van der Waals surface area contributed by atoms with Gasteiger partial charge in [0.25, 0.3) is 0 Å². The van der Waals surface area contributed by atoms with Crippen LogP contribution in [0.5, 0.6) is 0 Å². The summed E-state index contributed by atoms with van der Waals surface area (Å²) >= 11 is 0. The van der Waals surface area contributed by atoms with Gasteiger partial charge in [0.15, 0.2) is 0 Å². The molecule has 7 atom stereocenters. The normalized spacial score (nSPS) is 35.9. The Morgan fingerprint density at radius 3 is 2.74 bits per heavy atom. The number of carbonyl (C=O) groups is 1. The molecular weight excluding hydrogens is 386 g/mol. The molecule has 31 heavy (non-hydrogen) atoms. The first-order valence-corrected chi connectivity index (χ1v) is 12.7. The molecule has 0 spiro atoms. The van der Waals surface area contributed by atoms with E-state index < -0.39 is 0 Å². The van der Waals surface area contributed by atoms with Crippen molar-refractivity contribution in [3.05, 3.63) is 11.3 Å². The third-order valence-corrected chi connectivity index (χ3v) is 9.42. The molecule has 1 aliphatic heterocycles. The number of fused-ring (bicyclic) bond motifs is 3. The van der Waals surface area contributed by atoms with E-state index in [0.717, 1.165) is 30.6 Å². The Hall–Kier alpha value is -1.19. The molecule has 4 heteroatoms. The molecule has 1 unspecified atom stereocenters. The molecule has 178 valence electrons. The number of methoxy groups -OCH3 is 1. The fourth-order valence-corrected chi connectivity index (χ4v) is 7.81. The fraction of sp³-hybridized carbons (Fsp3) is 0.889. The lowest BCUT2D eigenvalue weighted by molar-refractivity contribution is -0.0229. The lowest BCUT2D eigenvalue weighted by Gasteiger charge is -2.52. The highest BCUT2D eigenvalue weighted by Gasteiger charge is 2.61. The lowest BCUT2D eigenvalue weighted by atomic mass is 9.53. The van der Waals surface area contributed by atoms with Crippen molar-refractivity contribution in [1.29, 1.82) is 0 Å². The van der Waals surface area contributed by atoms with Crippen molar-refractivity contribution >= 4 is 6.09 Å². The number of allylic oxidation sites excluding steroid dienone is 1. The zero-order valence-electron chi connectivity index (χ0n) is 21.3. The molecule has 0 aromatic rings. The van der Waals surface area contributed by atoms with Crippen LogP contribution in [0.15, 0.2) is 11.3 Å². The number of ether oxygens (including phenoxy) is 2. The molecule has 2 aliphatic carbocycles. The van der Waals surface area contributed by atoms with E-state index >= 15 is 0 Å². The molecule has 2 fully saturated rings. The van der Waals surface area contributed by atoms with E-state index in [1.165, 1.54) is 50.5 Å². The van der Waals surface area contributed by atoms with Crippen LogP contribution in [0, 0.1) is 40.4 Å². The van der Waals surface area contributed by atoms with Gasteiger partial charge in [-0.15, -0.1) is 0 Å². The summed E-state index contributed by atoms with van der Waals surface area (Å²) in [6, 6.07) is 0. The van der Waals surface area contributed by atoms with Crippen LogP contribution in [0.3, 0.4) is 0 Å². The van der Waals surface area contributed by atoms with Crippen molar-refractivity contribution in [3.8, 4) is 0 Å². The number of alkyl carbamates (subject to hydrolysis) is 1. The molecule has 2 saturated carbocycles. The van der Waals surface area contributed by atoms with E-state index in [9.17, 15) is 4.79 Å². The van der Waals surface area contributed by atoms with Gasteiger partial charge in [0.1, 0.15) is 6.10 Å². The maximum Gasteiger partial charge on any atom is 0.406 e. The van der Waals surface area contributed by atoms with Crippen LogP contribution in [-0.2, 0) is 9.47 Å². The predicted molar refractivity (Wildman–Crippen MR) is 127 cm³/mol. The Balaban J connectivity index is 1.65. The Morgan fingerprint density at radius 2 is 2.10 bits per heavy atom. The van der Waals surface area contributed by atoms with Gasteiger partial charge < -0.3 is 14.8 Å². The summed E-state index contributed by atoms with van der Waals surface area (Å²) in [5, 5.41) is 2.81. The van der Waals surface area contributed by atoms with Gasteiger partial charge in [-0.25, -0.2) is 4.79 Å². The molecule has 1 N–H and O–H groups in total. The molecule has 3 rings (SSSR count). The smallest absolute Gasteiger partial charge is 0.406 e. The van der Waals surface area contributed by atoms with Crippen LogP contribution < -0.4 is 5.32 Å². The average molecular weight is 434 g/mol. The minimum atomic E-state index is -0.348. The predicted octanol–water partition coefficient (Wildman–Crippen LogP) is 6.95. The fourth-order valence-electron chi connectivity index (χ4n) is 7.81. The van der Waals surface area contributed by atoms with Crippen LogP contribution in [0.4, 0.5) is 4.79 Å². The maximum atomic E-state index is 11.3. The number of amides is 1.